The summed E-state index contributed by atoms with van der Waals surface area (Å²) in [6, 6.07) is 11.7. The summed E-state index contributed by atoms with van der Waals surface area (Å²) in [4.78, 5) is 37.5. The van der Waals surface area contributed by atoms with E-state index in [1.54, 1.807) is 49.5 Å². The molecular formula is C19H17ClN2O4. The van der Waals surface area contributed by atoms with Gasteiger partial charge in [-0.2, -0.15) is 0 Å². The van der Waals surface area contributed by atoms with Crippen LogP contribution < -0.4 is 15.0 Å². The zero-order valence-electron chi connectivity index (χ0n) is 14.1. The molecule has 2 amide bonds. The third-order valence-electron chi connectivity index (χ3n) is 4.07. The number of amides is 2. The van der Waals surface area contributed by atoms with Crippen LogP contribution in [0.5, 0.6) is 5.75 Å². The Morgan fingerprint density at radius 2 is 1.88 bits per heavy atom. The summed E-state index contributed by atoms with van der Waals surface area (Å²) >= 11 is 5.80. The van der Waals surface area contributed by atoms with Crippen molar-refractivity contribution in [3.63, 3.8) is 0 Å². The maximum Gasteiger partial charge on any atom is 0.264 e. The van der Waals surface area contributed by atoms with E-state index in [9.17, 15) is 14.4 Å². The molecule has 1 aliphatic heterocycles. The molecule has 2 aromatic rings. The van der Waals surface area contributed by atoms with Crippen molar-refractivity contribution < 1.29 is 19.1 Å². The first-order chi connectivity index (χ1) is 12.4. The van der Waals surface area contributed by atoms with E-state index in [0.29, 0.717) is 27.7 Å². The fourth-order valence-electron chi connectivity index (χ4n) is 2.57. The van der Waals surface area contributed by atoms with Crippen molar-refractivity contribution in [1.29, 1.82) is 0 Å². The molecule has 0 radical (unpaired) electrons. The molecule has 6 nitrogen and oxygen atoms in total. The van der Waals surface area contributed by atoms with Gasteiger partial charge in [0.25, 0.3) is 5.91 Å². The van der Waals surface area contributed by atoms with Crippen LogP contribution in [0.2, 0.25) is 5.02 Å². The lowest BCUT2D eigenvalue weighted by molar-refractivity contribution is -0.121. The molecule has 2 aromatic carbocycles. The molecule has 3 rings (SSSR count). The predicted octanol–water partition coefficient (Wildman–Crippen LogP) is 3.30. The minimum absolute atomic E-state index is 0.0122. The van der Waals surface area contributed by atoms with Gasteiger partial charge in [0.1, 0.15) is 5.75 Å². The third kappa shape index (κ3) is 4.03. The highest BCUT2D eigenvalue weighted by Gasteiger charge is 2.23. The maximum absolute atomic E-state index is 12.4. The number of fused-ring (bicyclic) bond motifs is 1. The van der Waals surface area contributed by atoms with Crippen LogP contribution in [-0.4, -0.2) is 31.3 Å². The summed E-state index contributed by atoms with van der Waals surface area (Å²) in [7, 11) is 1.64. The number of carbonyl (C=O) groups excluding carboxylic acids is 3. The SMILES string of the molecule is CN1C(=O)COc2ccc(C(=O)CCC(=O)Nc3ccc(Cl)cc3)cc21. The number of hydrogen-bond donors (Lipinski definition) is 1. The van der Waals surface area contributed by atoms with Crippen LogP contribution in [0.15, 0.2) is 42.5 Å². The summed E-state index contributed by atoms with van der Waals surface area (Å²) in [5, 5.41) is 3.30. The number of ether oxygens (including phenoxy) is 1. The fraction of sp³-hybridized carbons (Fsp3) is 0.211. The number of carbonyl (C=O) groups is 3. The first-order valence-electron chi connectivity index (χ1n) is 8.06. The van der Waals surface area contributed by atoms with Crippen LogP contribution in [-0.2, 0) is 9.59 Å². The highest BCUT2D eigenvalue weighted by Crippen LogP contribution is 2.32. The molecule has 7 heteroatoms. The molecule has 0 saturated carbocycles. The van der Waals surface area contributed by atoms with Gasteiger partial charge < -0.3 is 15.0 Å². The van der Waals surface area contributed by atoms with E-state index >= 15 is 0 Å². The Labute approximate surface area is 155 Å². The number of halogens is 1. The number of anilines is 2. The van der Waals surface area contributed by atoms with Crippen LogP contribution in [0.3, 0.4) is 0 Å². The van der Waals surface area contributed by atoms with Crippen molar-refractivity contribution in [2.75, 3.05) is 23.9 Å². The van der Waals surface area contributed by atoms with Gasteiger partial charge in [-0.15, -0.1) is 0 Å². The molecule has 0 aromatic heterocycles. The fourth-order valence-corrected chi connectivity index (χ4v) is 2.70. The van der Waals surface area contributed by atoms with Gasteiger partial charge in [0.15, 0.2) is 12.4 Å². The van der Waals surface area contributed by atoms with E-state index in [4.69, 9.17) is 16.3 Å². The number of nitrogens with zero attached hydrogens (tertiary/aromatic N) is 1. The molecule has 0 aliphatic carbocycles. The van der Waals surface area contributed by atoms with Gasteiger partial charge in [-0.25, -0.2) is 0 Å². The van der Waals surface area contributed by atoms with Crippen LogP contribution in [0.1, 0.15) is 23.2 Å². The Bertz CT molecular complexity index is 864. The lowest BCUT2D eigenvalue weighted by Gasteiger charge is -2.26. The number of hydrogen-bond acceptors (Lipinski definition) is 4. The van der Waals surface area contributed by atoms with Crippen molar-refractivity contribution in [3.8, 4) is 5.75 Å². The van der Waals surface area contributed by atoms with Crippen LogP contribution in [0.4, 0.5) is 11.4 Å². The molecule has 0 unspecified atom stereocenters. The number of nitrogens with one attached hydrogen (secondary N) is 1. The average Bonchev–Trinajstić information content (AvgIpc) is 2.64. The Kier molecular flexibility index (Phi) is 5.23. The van der Waals surface area contributed by atoms with Gasteiger partial charge in [0.2, 0.25) is 5.91 Å². The number of Topliss-reactive ketones (excluding diaryl/α,β-unsaturated/α-hetero) is 1. The predicted molar refractivity (Wildman–Crippen MR) is 99.0 cm³/mol. The summed E-state index contributed by atoms with van der Waals surface area (Å²) in [6.45, 7) is -0.0122. The Morgan fingerprint density at radius 1 is 1.15 bits per heavy atom. The third-order valence-corrected chi connectivity index (χ3v) is 4.33. The van der Waals surface area contributed by atoms with Crippen molar-refractivity contribution in [3.05, 3.63) is 53.1 Å². The molecule has 0 bridgehead atoms. The maximum atomic E-state index is 12.4. The molecular weight excluding hydrogens is 356 g/mol. The van der Waals surface area contributed by atoms with E-state index in [0.717, 1.165) is 0 Å². The Hall–Kier alpha value is -2.86. The molecule has 0 spiro atoms. The zero-order valence-corrected chi connectivity index (χ0v) is 14.9. The largest absolute Gasteiger partial charge is 0.482 e. The van der Waals surface area contributed by atoms with Crippen molar-refractivity contribution in [2.24, 2.45) is 0 Å². The summed E-state index contributed by atoms with van der Waals surface area (Å²) in [5.74, 6) is -0.0479. The van der Waals surface area contributed by atoms with Crippen LogP contribution >= 0.6 is 11.6 Å². The first-order valence-corrected chi connectivity index (χ1v) is 8.44. The smallest absolute Gasteiger partial charge is 0.264 e. The molecule has 1 N–H and O–H groups in total. The van der Waals surface area contributed by atoms with E-state index in [1.165, 1.54) is 4.90 Å². The summed E-state index contributed by atoms with van der Waals surface area (Å²) in [6.07, 6.45) is 0.126. The van der Waals surface area contributed by atoms with Crippen LogP contribution in [0, 0.1) is 0 Å². The molecule has 1 heterocycles. The Balaban J connectivity index is 1.60. The number of ketones is 1. The van der Waals surface area contributed by atoms with Gasteiger partial charge in [-0.1, -0.05) is 11.6 Å². The quantitative estimate of drug-likeness (QED) is 0.817. The van der Waals surface area contributed by atoms with Crippen LogP contribution in [0.25, 0.3) is 0 Å². The van der Waals surface area contributed by atoms with E-state index in [2.05, 4.69) is 5.32 Å². The highest BCUT2D eigenvalue weighted by molar-refractivity contribution is 6.30. The van der Waals surface area contributed by atoms with Crippen molar-refractivity contribution in [1.82, 2.24) is 0 Å². The van der Waals surface area contributed by atoms with E-state index in [1.807, 2.05) is 0 Å². The summed E-state index contributed by atoms with van der Waals surface area (Å²) < 4.78 is 5.34. The van der Waals surface area contributed by atoms with Crippen molar-refractivity contribution in [2.45, 2.75) is 12.8 Å². The molecule has 0 saturated heterocycles. The first kappa shape index (κ1) is 17.9. The average molecular weight is 373 g/mol. The molecule has 1 aliphatic rings. The lowest BCUT2D eigenvalue weighted by atomic mass is 10.0. The van der Waals surface area contributed by atoms with E-state index in [-0.39, 0.29) is 37.0 Å². The summed E-state index contributed by atoms with van der Waals surface area (Å²) in [5.41, 5.74) is 1.61. The molecule has 0 atom stereocenters. The van der Waals surface area contributed by atoms with E-state index < -0.39 is 0 Å². The second kappa shape index (κ2) is 7.58. The van der Waals surface area contributed by atoms with Gasteiger partial charge >= 0.3 is 0 Å². The number of likely N-dealkylation sites (N-methyl/N-ethyl adjacent to an activating group) is 1. The molecule has 0 fully saturated rings. The Morgan fingerprint density at radius 3 is 2.62 bits per heavy atom. The normalized spacial score (nSPS) is 13.0. The zero-order chi connectivity index (χ0) is 18.7. The van der Waals surface area contributed by atoms with Gasteiger partial charge in [0.05, 0.1) is 5.69 Å². The standard InChI is InChI=1S/C19H17ClN2O4/c1-22-15-10-12(2-8-17(15)26-11-19(22)25)16(23)7-9-18(24)21-14-5-3-13(20)4-6-14/h2-6,8,10H,7,9,11H2,1H3,(H,21,24). The minimum Gasteiger partial charge on any atom is -0.482 e. The monoisotopic (exact) mass is 372 g/mol. The second-order valence-corrected chi connectivity index (χ2v) is 6.34. The van der Waals surface area contributed by atoms with Crippen molar-refractivity contribution >= 4 is 40.6 Å². The van der Waals surface area contributed by atoms with Gasteiger partial charge in [-0.05, 0) is 42.5 Å². The highest BCUT2D eigenvalue weighted by atomic mass is 35.5. The number of rotatable bonds is 5. The second-order valence-electron chi connectivity index (χ2n) is 5.90. The van der Waals surface area contributed by atoms with Gasteiger partial charge in [0, 0.05) is 36.2 Å². The molecule has 26 heavy (non-hydrogen) atoms. The lowest BCUT2D eigenvalue weighted by Crippen LogP contribution is -2.35. The minimum atomic E-state index is -0.255. The topological polar surface area (TPSA) is 75.7 Å². The molecule has 134 valence electrons. The number of benzene rings is 2. The van der Waals surface area contributed by atoms with Gasteiger partial charge in [-0.3, -0.25) is 14.4 Å².